The minimum Gasteiger partial charge on any atom is -0.508 e. The summed E-state index contributed by atoms with van der Waals surface area (Å²) in [6.45, 7) is 1.70. The first-order valence-corrected chi connectivity index (χ1v) is 7.07. The molecule has 0 bridgehead atoms. The molecule has 0 saturated heterocycles. The van der Waals surface area contributed by atoms with E-state index in [9.17, 15) is 13.5 Å². The van der Waals surface area contributed by atoms with Crippen LogP contribution in [0.3, 0.4) is 0 Å². The van der Waals surface area contributed by atoms with Crippen LogP contribution in [0.1, 0.15) is 11.1 Å². The van der Waals surface area contributed by atoms with Crippen molar-refractivity contribution in [2.75, 3.05) is 0 Å². The molecule has 0 aliphatic heterocycles. The summed E-state index contributed by atoms with van der Waals surface area (Å²) in [5.41, 5.74) is 0.891. The molecule has 0 aliphatic carbocycles. The van der Waals surface area contributed by atoms with Crippen molar-refractivity contribution in [2.45, 2.75) is 11.8 Å². The zero-order valence-electron chi connectivity index (χ0n) is 10.6. The van der Waals surface area contributed by atoms with E-state index in [-0.39, 0.29) is 22.0 Å². The maximum atomic E-state index is 12.1. The van der Waals surface area contributed by atoms with Gasteiger partial charge in [0, 0.05) is 6.07 Å². The van der Waals surface area contributed by atoms with Crippen LogP contribution in [0.4, 0.5) is 0 Å². The van der Waals surface area contributed by atoms with E-state index < -0.39 is 10.1 Å². The lowest BCUT2D eigenvalue weighted by atomic mass is 10.2. The standard InChI is InChI=1S/C14H11NO4S/c1-10-5-12(16)8-13(6-10)19-20(17,18)14-4-2-3-11(7-14)9-15/h2-8,16H,1H3. The largest absolute Gasteiger partial charge is 0.508 e. The van der Waals surface area contributed by atoms with Gasteiger partial charge < -0.3 is 9.29 Å². The third-order valence-corrected chi connectivity index (χ3v) is 3.74. The highest BCUT2D eigenvalue weighted by Crippen LogP contribution is 2.24. The molecule has 0 aliphatic rings. The molecule has 2 aromatic carbocycles. The van der Waals surface area contributed by atoms with Gasteiger partial charge in [0.25, 0.3) is 0 Å². The highest BCUT2D eigenvalue weighted by atomic mass is 32.2. The molecule has 0 unspecified atom stereocenters. The van der Waals surface area contributed by atoms with Crippen molar-refractivity contribution in [3.63, 3.8) is 0 Å². The number of rotatable bonds is 3. The molecule has 2 aromatic rings. The molecule has 20 heavy (non-hydrogen) atoms. The number of aryl methyl sites for hydroxylation is 1. The van der Waals surface area contributed by atoms with Gasteiger partial charge in [-0.05, 0) is 42.8 Å². The SMILES string of the molecule is Cc1cc(O)cc(OS(=O)(=O)c2cccc(C#N)c2)c1. The van der Waals surface area contributed by atoms with Gasteiger partial charge in [-0.15, -0.1) is 0 Å². The number of phenols is 1. The zero-order chi connectivity index (χ0) is 14.8. The number of nitriles is 1. The van der Waals surface area contributed by atoms with Crippen LogP contribution in [-0.2, 0) is 10.1 Å². The molecule has 102 valence electrons. The summed E-state index contributed by atoms with van der Waals surface area (Å²) in [4.78, 5) is -0.113. The Morgan fingerprint density at radius 2 is 1.95 bits per heavy atom. The maximum absolute atomic E-state index is 12.1. The molecule has 5 nitrogen and oxygen atoms in total. The number of phenolic OH excluding ortho intramolecular Hbond substituents is 1. The fraction of sp³-hybridized carbons (Fsp3) is 0.0714. The molecule has 0 atom stereocenters. The fourth-order valence-electron chi connectivity index (χ4n) is 1.67. The average Bonchev–Trinajstić information content (AvgIpc) is 2.37. The van der Waals surface area contributed by atoms with E-state index in [1.165, 1.54) is 42.5 Å². The molecular weight excluding hydrogens is 278 g/mol. The molecule has 0 aromatic heterocycles. The number of aromatic hydroxyl groups is 1. The van der Waals surface area contributed by atoms with E-state index in [0.29, 0.717) is 5.56 Å². The van der Waals surface area contributed by atoms with E-state index in [4.69, 9.17) is 9.44 Å². The molecule has 0 heterocycles. The van der Waals surface area contributed by atoms with Gasteiger partial charge in [0.2, 0.25) is 0 Å². The Morgan fingerprint density at radius 3 is 2.60 bits per heavy atom. The van der Waals surface area contributed by atoms with Gasteiger partial charge in [-0.3, -0.25) is 0 Å². The van der Waals surface area contributed by atoms with Crippen molar-refractivity contribution in [3.05, 3.63) is 53.6 Å². The second kappa shape index (κ2) is 5.23. The van der Waals surface area contributed by atoms with Gasteiger partial charge in [-0.25, -0.2) is 0 Å². The summed E-state index contributed by atoms with van der Waals surface area (Å²) in [5.74, 6) is -0.0640. The Bertz CT molecular complexity index is 771. The highest BCUT2D eigenvalue weighted by Gasteiger charge is 2.17. The van der Waals surface area contributed by atoms with Crippen LogP contribution in [0.5, 0.6) is 11.5 Å². The number of hydrogen-bond acceptors (Lipinski definition) is 5. The fourth-order valence-corrected chi connectivity index (χ4v) is 2.63. The van der Waals surface area contributed by atoms with Crippen LogP contribution in [0, 0.1) is 18.3 Å². The van der Waals surface area contributed by atoms with Gasteiger partial charge in [-0.2, -0.15) is 13.7 Å². The Hall–Kier alpha value is -2.52. The van der Waals surface area contributed by atoms with Crippen LogP contribution in [0.2, 0.25) is 0 Å². The quantitative estimate of drug-likeness (QED) is 0.876. The van der Waals surface area contributed by atoms with Crippen molar-refractivity contribution in [2.24, 2.45) is 0 Å². The molecule has 1 N–H and O–H groups in total. The smallest absolute Gasteiger partial charge is 0.339 e. The van der Waals surface area contributed by atoms with Gasteiger partial charge in [0.05, 0.1) is 11.6 Å². The molecule has 0 fully saturated rings. The second-order valence-electron chi connectivity index (χ2n) is 4.18. The van der Waals surface area contributed by atoms with Crippen LogP contribution >= 0.6 is 0 Å². The van der Waals surface area contributed by atoms with Gasteiger partial charge in [0.15, 0.2) is 0 Å². The lowest BCUT2D eigenvalue weighted by Crippen LogP contribution is -2.10. The van der Waals surface area contributed by atoms with Crippen LogP contribution in [0.15, 0.2) is 47.4 Å². The predicted molar refractivity (Wildman–Crippen MR) is 71.8 cm³/mol. The third kappa shape index (κ3) is 3.08. The summed E-state index contributed by atoms with van der Waals surface area (Å²) >= 11 is 0. The lowest BCUT2D eigenvalue weighted by Gasteiger charge is -2.08. The van der Waals surface area contributed by atoms with Crippen LogP contribution < -0.4 is 4.18 Å². The van der Waals surface area contributed by atoms with Gasteiger partial charge >= 0.3 is 10.1 Å². The van der Waals surface area contributed by atoms with E-state index in [1.807, 2.05) is 6.07 Å². The van der Waals surface area contributed by atoms with Gasteiger partial charge in [-0.1, -0.05) is 6.07 Å². The van der Waals surface area contributed by atoms with E-state index in [0.717, 1.165) is 0 Å². The number of nitrogens with zero attached hydrogens (tertiary/aromatic N) is 1. The van der Waals surface area contributed by atoms with Crippen molar-refractivity contribution >= 4 is 10.1 Å². The summed E-state index contributed by atoms with van der Waals surface area (Å²) in [6, 6.07) is 11.6. The lowest BCUT2D eigenvalue weighted by molar-refractivity contribution is 0.463. The van der Waals surface area contributed by atoms with Crippen molar-refractivity contribution in [3.8, 4) is 17.6 Å². The molecule has 6 heteroatoms. The summed E-state index contributed by atoms with van der Waals surface area (Å²) in [6.07, 6.45) is 0. The second-order valence-corrected chi connectivity index (χ2v) is 5.73. The Labute approximate surface area is 116 Å². The summed E-state index contributed by atoms with van der Waals surface area (Å²) < 4.78 is 29.1. The van der Waals surface area contributed by atoms with Crippen LogP contribution in [-0.4, -0.2) is 13.5 Å². The van der Waals surface area contributed by atoms with Crippen LogP contribution in [0.25, 0.3) is 0 Å². The Balaban J connectivity index is 2.38. The molecule has 0 radical (unpaired) electrons. The number of hydrogen-bond donors (Lipinski definition) is 1. The Kier molecular flexibility index (Phi) is 3.63. The molecule has 0 saturated carbocycles. The normalized spacial score (nSPS) is 10.8. The molecular formula is C14H11NO4S. The summed E-state index contributed by atoms with van der Waals surface area (Å²) in [5, 5.41) is 18.2. The minimum absolute atomic E-state index is 0.0184. The molecule has 0 amide bonds. The van der Waals surface area contributed by atoms with E-state index in [1.54, 1.807) is 6.92 Å². The van der Waals surface area contributed by atoms with E-state index >= 15 is 0 Å². The van der Waals surface area contributed by atoms with Crippen molar-refractivity contribution in [1.29, 1.82) is 5.26 Å². The van der Waals surface area contributed by atoms with Crippen molar-refractivity contribution < 1.29 is 17.7 Å². The van der Waals surface area contributed by atoms with Gasteiger partial charge in [0.1, 0.15) is 16.4 Å². The minimum atomic E-state index is -4.04. The monoisotopic (exact) mass is 289 g/mol. The third-order valence-electron chi connectivity index (χ3n) is 2.49. The maximum Gasteiger partial charge on any atom is 0.339 e. The predicted octanol–water partition coefficient (Wildman–Crippen LogP) is 2.34. The molecule has 0 spiro atoms. The first-order valence-electron chi connectivity index (χ1n) is 5.66. The Morgan fingerprint density at radius 1 is 1.20 bits per heavy atom. The zero-order valence-corrected chi connectivity index (χ0v) is 11.4. The van der Waals surface area contributed by atoms with E-state index in [2.05, 4.69) is 0 Å². The first-order chi connectivity index (χ1) is 9.40. The average molecular weight is 289 g/mol. The summed E-state index contributed by atoms with van der Waals surface area (Å²) in [7, 11) is -4.04. The van der Waals surface area contributed by atoms with Crippen molar-refractivity contribution in [1.82, 2.24) is 0 Å². The number of benzene rings is 2. The first kappa shape index (κ1) is 13.9. The highest BCUT2D eigenvalue weighted by molar-refractivity contribution is 7.87. The molecule has 2 rings (SSSR count). The topological polar surface area (TPSA) is 87.4 Å².